The van der Waals surface area contributed by atoms with Crippen molar-refractivity contribution in [3.05, 3.63) is 29.3 Å². The number of unbranched alkanes of at least 4 members (excludes halogenated alkanes) is 3. The summed E-state index contributed by atoms with van der Waals surface area (Å²) in [6.07, 6.45) is 6.33. The molecule has 108 valence electrons. The Labute approximate surface area is 119 Å². The Morgan fingerprint density at radius 3 is 2.65 bits per heavy atom. The van der Waals surface area contributed by atoms with Gasteiger partial charge in [0.2, 0.25) is 0 Å². The molecule has 1 heterocycles. The van der Waals surface area contributed by atoms with Crippen LogP contribution in [0, 0.1) is 0 Å². The molecule has 4 heteroatoms. The van der Waals surface area contributed by atoms with Gasteiger partial charge in [0.05, 0.1) is 14.2 Å². The first kappa shape index (κ1) is 14.4. The van der Waals surface area contributed by atoms with Gasteiger partial charge in [0.25, 0.3) is 0 Å². The van der Waals surface area contributed by atoms with E-state index in [1.807, 2.05) is 12.1 Å². The molecule has 0 N–H and O–H groups in total. The van der Waals surface area contributed by atoms with E-state index in [1.165, 1.54) is 20.0 Å². The molecule has 0 radical (unpaired) electrons. The van der Waals surface area contributed by atoms with Crippen LogP contribution in [0.4, 0.5) is 0 Å². The van der Waals surface area contributed by atoms with E-state index in [2.05, 4.69) is 6.92 Å². The van der Waals surface area contributed by atoms with Crippen LogP contribution in [-0.4, -0.2) is 20.2 Å². The first-order valence-electron chi connectivity index (χ1n) is 6.90. The van der Waals surface area contributed by atoms with Crippen LogP contribution in [0.5, 0.6) is 11.5 Å². The summed E-state index contributed by atoms with van der Waals surface area (Å²) >= 11 is 0. The Balaban J connectivity index is 2.32. The minimum atomic E-state index is -0.377. The van der Waals surface area contributed by atoms with Crippen LogP contribution in [0.2, 0.25) is 0 Å². The summed E-state index contributed by atoms with van der Waals surface area (Å²) in [5.41, 5.74) is 1.23. The molecule has 2 rings (SSSR count). The summed E-state index contributed by atoms with van der Waals surface area (Å²) in [6.45, 7) is 2.16. The molecule has 0 bridgehead atoms. The highest BCUT2D eigenvalue weighted by Crippen LogP contribution is 2.41. The van der Waals surface area contributed by atoms with Crippen LogP contribution in [0.25, 0.3) is 5.76 Å². The quantitative estimate of drug-likeness (QED) is 0.585. The fraction of sp³-hybridized carbons (Fsp3) is 0.438. The predicted molar refractivity (Wildman–Crippen MR) is 77.1 cm³/mol. The van der Waals surface area contributed by atoms with Crippen molar-refractivity contribution in [1.29, 1.82) is 0 Å². The molecule has 0 aliphatic carbocycles. The van der Waals surface area contributed by atoms with E-state index in [1.54, 1.807) is 13.2 Å². The largest absolute Gasteiger partial charge is 0.493 e. The molecule has 0 fully saturated rings. The van der Waals surface area contributed by atoms with Crippen LogP contribution >= 0.6 is 0 Å². The molecule has 1 aliphatic heterocycles. The van der Waals surface area contributed by atoms with E-state index in [4.69, 9.17) is 14.2 Å². The molecule has 0 atom stereocenters. The number of hydrogen-bond donors (Lipinski definition) is 0. The second-order valence-electron chi connectivity index (χ2n) is 4.68. The first-order valence-corrected chi connectivity index (χ1v) is 6.90. The summed E-state index contributed by atoms with van der Waals surface area (Å²) in [6, 6.07) is 3.63. The molecule has 1 aliphatic rings. The highest BCUT2D eigenvalue weighted by molar-refractivity contribution is 6.06. The molecule has 0 aromatic heterocycles. The molecular formula is C16H20O4. The minimum absolute atomic E-state index is 0.377. The van der Waals surface area contributed by atoms with Gasteiger partial charge in [0.1, 0.15) is 11.3 Å². The first-order chi connectivity index (χ1) is 9.72. The van der Waals surface area contributed by atoms with Crippen LogP contribution < -0.4 is 9.47 Å². The summed E-state index contributed by atoms with van der Waals surface area (Å²) in [7, 11) is 3.07. The summed E-state index contributed by atoms with van der Waals surface area (Å²) in [4.78, 5) is 12.0. The summed E-state index contributed by atoms with van der Waals surface area (Å²) in [5, 5.41) is 0. The standard InChI is InChI=1S/C16H20O4/c1-4-5-6-7-8-12-11-9-10-13(18-2)15(19-3)14(11)16(17)20-12/h8-10H,4-7H2,1-3H3. The van der Waals surface area contributed by atoms with Gasteiger partial charge in [-0.1, -0.05) is 19.8 Å². The highest BCUT2D eigenvalue weighted by Gasteiger charge is 2.32. The van der Waals surface area contributed by atoms with Crippen LogP contribution in [0.1, 0.15) is 48.5 Å². The minimum Gasteiger partial charge on any atom is -0.493 e. The smallest absolute Gasteiger partial charge is 0.348 e. The Bertz CT molecular complexity index is 532. The fourth-order valence-corrected chi connectivity index (χ4v) is 2.32. The Kier molecular flexibility index (Phi) is 4.66. The second kappa shape index (κ2) is 6.46. The average molecular weight is 276 g/mol. The molecular weight excluding hydrogens is 256 g/mol. The number of rotatable bonds is 6. The molecule has 1 aromatic carbocycles. The third kappa shape index (κ3) is 2.64. The number of cyclic esters (lactones) is 1. The van der Waals surface area contributed by atoms with Gasteiger partial charge in [-0.3, -0.25) is 0 Å². The summed E-state index contributed by atoms with van der Waals surface area (Å²) in [5.74, 6) is 1.22. The number of carbonyl (C=O) groups excluding carboxylic acids is 1. The lowest BCUT2D eigenvalue weighted by molar-refractivity contribution is 0.0712. The molecule has 0 saturated carbocycles. The van der Waals surface area contributed by atoms with Gasteiger partial charge in [-0.25, -0.2) is 4.79 Å². The fourth-order valence-electron chi connectivity index (χ4n) is 2.32. The Morgan fingerprint density at radius 2 is 2.00 bits per heavy atom. The Hall–Kier alpha value is -1.97. The summed E-state index contributed by atoms with van der Waals surface area (Å²) < 4.78 is 15.8. The molecule has 0 unspecified atom stereocenters. The lowest BCUT2D eigenvalue weighted by Gasteiger charge is -2.09. The number of methoxy groups -OCH3 is 2. The monoisotopic (exact) mass is 276 g/mol. The number of benzene rings is 1. The van der Waals surface area contributed by atoms with Crippen molar-refractivity contribution in [3.8, 4) is 11.5 Å². The number of ether oxygens (including phenoxy) is 3. The van der Waals surface area contributed by atoms with Gasteiger partial charge < -0.3 is 14.2 Å². The highest BCUT2D eigenvalue weighted by atomic mass is 16.5. The zero-order valence-electron chi connectivity index (χ0n) is 12.2. The second-order valence-corrected chi connectivity index (χ2v) is 4.68. The zero-order chi connectivity index (χ0) is 14.5. The van der Waals surface area contributed by atoms with E-state index in [9.17, 15) is 4.79 Å². The van der Waals surface area contributed by atoms with Crippen molar-refractivity contribution in [1.82, 2.24) is 0 Å². The van der Waals surface area contributed by atoms with Gasteiger partial charge in [-0.15, -0.1) is 0 Å². The van der Waals surface area contributed by atoms with Crippen molar-refractivity contribution in [2.75, 3.05) is 14.2 Å². The van der Waals surface area contributed by atoms with Crippen molar-refractivity contribution in [3.63, 3.8) is 0 Å². The van der Waals surface area contributed by atoms with Crippen LogP contribution in [0.3, 0.4) is 0 Å². The number of esters is 1. The third-order valence-corrected chi connectivity index (χ3v) is 3.36. The van der Waals surface area contributed by atoms with Crippen molar-refractivity contribution in [2.24, 2.45) is 0 Å². The number of hydrogen-bond acceptors (Lipinski definition) is 4. The van der Waals surface area contributed by atoms with Gasteiger partial charge in [0, 0.05) is 5.56 Å². The number of carbonyl (C=O) groups is 1. The van der Waals surface area contributed by atoms with Gasteiger partial charge in [-0.2, -0.15) is 0 Å². The van der Waals surface area contributed by atoms with Crippen molar-refractivity contribution < 1.29 is 19.0 Å². The van der Waals surface area contributed by atoms with Gasteiger partial charge >= 0.3 is 5.97 Å². The van der Waals surface area contributed by atoms with E-state index in [0.29, 0.717) is 22.8 Å². The van der Waals surface area contributed by atoms with Crippen molar-refractivity contribution >= 4 is 11.7 Å². The normalized spacial score (nSPS) is 15.2. The van der Waals surface area contributed by atoms with Gasteiger partial charge in [0.15, 0.2) is 11.5 Å². The number of fused-ring (bicyclic) bond motifs is 1. The predicted octanol–water partition coefficient (Wildman–Crippen LogP) is 3.80. The molecule has 0 spiro atoms. The van der Waals surface area contributed by atoms with E-state index < -0.39 is 0 Å². The maximum absolute atomic E-state index is 12.0. The van der Waals surface area contributed by atoms with E-state index in [0.717, 1.165) is 18.4 Å². The SMILES string of the molecule is CCCCCC=C1OC(=O)c2c1ccc(OC)c2OC. The lowest BCUT2D eigenvalue weighted by Crippen LogP contribution is -2.00. The third-order valence-electron chi connectivity index (χ3n) is 3.36. The molecule has 20 heavy (non-hydrogen) atoms. The van der Waals surface area contributed by atoms with E-state index >= 15 is 0 Å². The van der Waals surface area contributed by atoms with Crippen LogP contribution in [0.15, 0.2) is 18.2 Å². The molecule has 4 nitrogen and oxygen atoms in total. The molecule has 0 amide bonds. The zero-order valence-corrected chi connectivity index (χ0v) is 12.2. The average Bonchev–Trinajstić information content (AvgIpc) is 2.79. The number of allylic oxidation sites excluding steroid dienone is 1. The molecule has 1 aromatic rings. The van der Waals surface area contributed by atoms with Crippen molar-refractivity contribution in [2.45, 2.75) is 32.6 Å². The van der Waals surface area contributed by atoms with Gasteiger partial charge in [-0.05, 0) is 31.1 Å². The Morgan fingerprint density at radius 1 is 1.20 bits per heavy atom. The lowest BCUT2D eigenvalue weighted by atomic mass is 10.0. The van der Waals surface area contributed by atoms with Crippen LogP contribution in [-0.2, 0) is 4.74 Å². The molecule has 0 saturated heterocycles. The topological polar surface area (TPSA) is 44.8 Å². The maximum Gasteiger partial charge on any atom is 0.348 e. The van der Waals surface area contributed by atoms with E-state index in [-0.39, 0.29) is 5.97 Å². The maximum atomic E-state index is 12.0.